The normalized spacial score (nSPS) is 14.4. The van der Waals surface area contributed by atoms with Crippen LogP contribution in [0.3, 0.4) is 0 Å². The van der Waals surface area contributed by atoms with E-state index in [-0.39, 0.29) is 41.3 Å². The number of carbonyl (C=O) groups is 1. The number of halogens is 4. The Hall–Kier alpha value is -1.53. The average Bonchev–Trinajstić information content (AvgIpc) is 2.68. The molecule has 0 bridgehead atoms. The number of nitrogens with one attached hydrogen (secondary N) is 2. The second-order valence-electron chi connectivity index (χ2n) is 7.33. The van der Waals surface area contributed by atoms with Crippen molar-refractivity contribution < 1.29 is 9.18 Å². The number of amides is 1. The summed E-state index contributed by atoms with van der Waals surface area (Å²) in [7, 11) is 0. The predicted molar refractivity (Wildman–Crippen MR) is 128 cm³/mol. The quantitative estimate of drug-likeness (QED) is 0.507. The minimum atomic E-state index is -0.465. The van der Waals surface area contributed by atoms with E-state index in [1.54, 1.807) is 0 Å². The highest BCUT2D eigenvalue weighted by atomic mass is 35.5. The number of carbonyl (C=O) groups excluding carboxylic acids is 1. The number of piperidine rings is 1. The average molecular weight is 477 g/mol. The fraction of sp³-hybridized carbons (Fsp3) is 0.409. The Morgan fingerprint density at radius 2 is 1.83 bits per heavy atom. The predicted octanol–water partition coefficient (Wildman–Crippen LogP) is 6.11. The highest BCUT2D eigenvalue weighted by Gasteiger charge is 2.18. The molecule has 8 heteroatoms. The van der Waals surface area contributed by atoms with Gasteiger partial charge in [-0.2, -0.15) is 0 Å². The van der Waals surface area contributed by atoms with Gasteiger partial charge in [0.25, 0.3) is 5.91 Å². The third-order valence-electron chi connectivity index (χ3n) is 5.14. The summed E-state index contributed by atoms with van der Waals surface area (Å²) in [5.41, 5.74) is 1.90. The van der Waals surface area contributed by atoms with Crippen molar-refractivity contribution in [2.75, 3.05) is 36.8 Å². The minimum absolute atomic E-state index is 0. The van der Waals surface area contributed by atoms with Crippen LogP contribution in [0.2, 0.25) is 5.02 Å². The molecule has 0 unspecified atom stereocenters. The molecule has 0 saturated carbocycles. The Kier molecular flexibility index (Phi) is 11.5. The van der Waals surface area contributed by atoms with Gasteiger partial charge in [0, 0.05) is 17.9 Å². The summed E-state index contributed by atoms with van der Waals surface area (Å²) in [5, 5.41) is 6.41. The van der Waals surface area contributed by atoms with Gasteiger partial charge < -0.3 is 15.5 Å². The Labute approximate surface area is 195 Å². The van der Waals surface area contributed by atoms with Gasteiger partial charge in [0.1, 0.15) is 5.82 Å². The molecule has 0 spiro atoms. The molecule has 3 rings (SSSR count). The van der Waals surface area contributed by atoms with E-state index in [0.29, 0.717) is 11.6 Å². The van der Waals surface area contributed by atoms with Gasteiger partial charge in [0.15, 0.2) is 0 Å². The lowest BCUT2D eigenvalue weighted by Gasteiger charge is -2.31. The van der Waals surface area contributed by atoms with Crippen molar-refractivity contribution in [3.63, 3.8) is 0 Å². The topological polar surface area (TPSA) is 44.4 Å². The number of benzene rings is 2. The summed E-state index contributed by atoms with van der Waals surface area (Å²) in [4.78, 5) is 14.9. The number of likely N-dealkylation sites (tertiary alicyclic amines) is 1. The third kappa shape index (κ3) is 7.62. The Bertz CT molecular complexity index is 814. The lowest BCUT2D eigenvalue weighted by molar-refractivity contribution is 0.102. The van der Waals surface area contributed by atoms with Gasteiger partial charge in [-0.1, -0.05) is 24.6 Å². The van der Waals surface area contributed by atoms with Crippen molar-refractivity contribution in [2.24, 2.45) is 5.92 Å². The van der Waals surface area contributed by atoms with Gasteiger partial charge in [-0.3, -0.25) is 4.79 Å². The van der Waals surface area contributed by atoms with Crippen molar-refractivity contribution in [1.82, 2.24) is 4.90 Å². The van der Waals surface area contributed by atoms with Gasteiger partial charge in [-0.15, -0.1) is 24.8 Å². The zero-order chi connectivity index (χ0) is 19.9. The Balaban J connectivity index is 0.00000225. The molecule has 1 aliphatic heterocycles. The molecule has 166 valence electrons. The van der Waals surface area contributed by atoms with Crippen LogP contribution >= 0.6 is 36.4 Å². The highest BCUT2D eigenvalue weighted by molar-refractivity contribution is 6.34. The van der Waals surface area contributed by atoms with Crippen molar-refractivity contribution in [3.8, 4) is 0 Å². The first-order valence-corrected chi connectivity index (χ1v) is 10.3. The minimum Gasteiger partial charge on any atom is -0.385 e. The van der Waals surface area contributed by atoms with Gasteiger partial charge in [0.2, 0.25) is 0 Å². The van der Waals surface area contributed by atoms with E-state index in [2.05, 4.69) is 22.5 Å². The molecule has 1 aliphatic rings. The van der Waals surface area contributed by atoms with Crippen molar-refractivity contribution in [2.45, 2.75) is 26.2 Å². The van der Waals surface area contributed by atoms with Gasteiger partial charge in [0.05, 0.1) is 10.6 Å². The lowest BCUT2D eigenvalue weighted by atomic mass is 9.96. The van der Waals surface area contributed by atoms with Crippen LogP contribution in [0.1, 0.15) is 36.5 Å². The zero-order valence-electron chi connectivity index (χ0n) is 17.0. The molecule has 1 saturated heterocycles. The fourth-order valence-corrected chi connectivity index (χ4v) is 3.82. The molecule has 1 heterocycles. The van der Waals surface area contributed by atoms with Crippen LogP contribution in [0.4, 0.5) is 15.8 Å². The summed E-state index contributed by atoms with van der Waals surface area (Å²) in [6.45, 7) is 6.70. The first kappa shape index (κ1) is 26.5. The first-order valence-electron chi connectivity index (χ1n) is 9.88. The third-order valence-corrected chi connectivity index (χ3v) is 5.45. The van der Waals surface area contributed by atoms with Gasteiger partial charge in [-0.05, 0) is 81.2 Å². The number of hydrogen-bond acceptors (Lipinski definition) is 3. The summed E-state index contributed by atoms with van der Waals surface area (Å²) >= 11 is 5.97. The maximum absolute atomic E-state index is 13.2. The standard InChI is InChI=1S/C22H27ClFN3O.2ClH/c1-2-10-27-11-8-16(9-12-27)15-25-18-4-3-5-19(14-18)26-22(28)20-7-6-17(24)13-21(20)23;;/h3-7,13-14,16,25H,2,8-12,15H2,1H3,(H,26,28);2*1H. The first-order chi connectivity index (χ1) is 13.5. The summed E-state index contributed by atoms with van der Waals surface area (Å²) in [6, 6.07) is 11.4. The Morgan fingerprint density at radius 1 is 1.13 bits per heavy atom. The molecule has 2 aromatic rings. The number of rotatable bonds is 7. The van der Waals surface area contributed by atoms with E-state index < -0.39 is 5.82 Å². The number of hydrogen-bond donors (Lipinski definition) is 2. The molecule has 2 aromatic carbocycles. The monoisotopic (exact) mass is 475 g/mol. The molecule has 0 radical (unpaired) electrons. The van der Waals surface area contributed by atoms with Crippen LogP contribution in [0.25, 0.3) is 0 Å². The molecular weight excluding hydrogens is 448 g/mol. The SMILES string of the molecule is CCCN1CCC(CNc2cccc(NC(=O)c3ccc(F)cc3Cl)c2)CC1.Cl.Cl. The summed E-state index contributed by atoms with van der Waals surface area (Å²) in [6.07, 6.45) is 3.64. The van der Waals surface area contributed by atoms with Crippen LogP contribution in [-0.4, -0.2) is 37.0 Å². The van der Waals surface area contributed by atoms with Crippen molar-refractivity contribution >= 4 is 53.7 Å². The van der Waals surface area contributed by atoms with E-state index in [1.165, 1.54) is 51.0 Å². The second kappa shape index (κ2) is 13.0. The van der Waals surface area contributed by atoms with Gasteiger partial charge in [-0.25, -0.2) is 4.39 Å². The van der Waals surface area contributed by atoms with E-state index in [0.717, 1.165) is 18.3 Å². The second-order valence-corrected chi connectivity index (χ2v) is 7.73. The maximum atomic E-state index is 13.2. The fourth-order valence-electron chi connectivity index (χ4n) is 3.57. The molecule has 2 N–H and O–H groups in total. The smallest absolute Gasteiger partial charge is 0.257 e. The van der Waals surface area contributed by atoms with Crippen LogP contribution in [0.5, 0.6) is 0 Å². The summed E-state index contributed by atoms with van der Waals surface area (Å²) < 4.78 is 13.2. The number of anilines is 2. The van der Waals surface area contributed by atoms with E-state index in [1.807, 2.05) is 24.3 Å². The van der Waals surface area contributed by atoms with Crippen molar-refractivity contribution in [3.05, 3.63) is 58.9 Å². The molecular formula is C22H29Cl3FN3O. The van der Waals surface area contributed by atoms with Crippen LogP contribution in [0.15, 0.2) is 42.5 Å². The Morgan fingerprint density at radius 3 is 2.50 bits per heavy atom. The molecule has 4 nitrogen and oxygen atoms in total. The van der Waals surface area contributed by atoms with Crippen LogP contribution in [-0.2, 0) is 0 Å². The zero-order valence-corrected chi connectivity index (χ0v) is 19.4. The van der Waals surface area contributed by atoms with E-state index in [9.17, 15) is 9.18 Å². The molecule has 1 amide bonds. The molecule has 30 heavy (non-hydrogen) atoms. The molecule has 0 aromatic heterocycles. The summed E-state index contributed by atoms with van der Waals surface area (Å²) in [5.74, 6) is -0.150. The molecule has 1 fully saturated rings. The maximum Gasteiger partial charge on any atom is 0.257 e. The molecule has 0 atom stereocenters. The highest BCUT2D eigenvalue weighted by Crippen LogP contribution is 2.22. The largest absolute Gasteiger partial charge is 0.385 e. The van der Waals surface area contributed by atoms with Crippen molar-refractivity contribution in [1.29, 1.82) is 0 Å². The van der Waals surface area contributed by atoms with Crippen LogP contribution < -0.4 is 10.6 Å². The van der Waals surface area contributed by atoms with Crippen LogP contribution in [0, 0.1) is 11.7 Å². The lowest BCUT2D eigenvalue weighted by Crippen LogP contribution is -2.36. The van der Waals surface area contributed by atoms with E-state index in [4.69, 9.17) is 11.6 Å². The molecule has 0 aliphatic carbocycles. The van der Waals surface area contributed by atoms with Gasteiger partial charge >= 0.3 is 0 Å². The number of nitrogens with zero attached hydrogens (tertiary/aromatic N) is 1. The van der Waals surface area contributed by atoms with E-state index >= 15 is 0 Å².